The topological polar surface area (TPSA) is 53.3 Å². The van der Waals surface area contributed by atoms with Gasteiger partial charge in [0.2, 0.25) is 0 Å². The minimum absolute atomic E-state index is 0.0103. The predicted molar refractivity (Wildman–Crippen MR) is 70.2 cm³/mol. The number of rotatable bonds is 5. The number of halogens is 1. The van der Waals surface area contributed by atoms with Crippen molar-refractivity contribution in [2.24, 2.45) is 0 Å². The van der Waals surface area contributed by atoms with E-state index in [1.54, 1.807) is 17.9 Å². The van der Waals surface area contributed by atoms with Crippen molar-refractivity contribution in [3.05, 3.63) is 29.6 Å². The first-order chi connectivity index (χ1) is 9.01. The summed E-state index contributed by atoms with van der Waals surface area (Å²) in [6.45, 7) is 5.74. The summed E-state index contributed by atoms with van der Waals surface area (Å²) < 4.78 is 18.5. The van der Waals surface area contributed by atoms with Gasteiger partial charge in [0.15, 0.2) is 0 Å². The van der Waals surface area contributed by atoms with Crippen LogP contribution in [0.4, 0.5) is 10.1 Å². The highest BCUT2D eigenvalue weighted by atomic mass is 19.1. The second kappa shape index (κ2) is 6.74. The van der Waals surface area contributed by atoms with Crippen molar-refractivity contribution in [2.75, 3.05) is 18.1 Å². The summed E-state index contributed by atoms with van der Waals surface area (Å²) in [5, 5.41) is 9.03. The third kappa shape index (κ3) is 3.68. The summed E-state index contributed by atoms with van der Waals surface area (Å²) in [4.78, 5) is 13.2. The molecule has 1 rings (SSSR count). The Morgan fingerprint density at radius 1 is 1.53 bits per heavy atom. The highest BCUT2D eigenvalue weighted by Gasteiger charge is 2.20. The maximum absolute atomic E-state index is 13.6. The van der Waals surface area contributed by atoms with E-state index in [4.69, 9.17) is 10.00 Å². The van der Waals surface area contributed by atoms with Gasteiger partial charge in [-0.05, 0) is 32.9 Å². The summed E-state index contributed by atoms with van der Waals surface area (Å²) >= 11 is 0. The third-order valence-corrected chi connectivity index (χ3v) is 2.64. The molecule has 0 saturated carbocycles. The Kier molecular flexibility index (Phi) is 5.31. The molecule has 0 aliphatic rings. The Morgan fingerprint density at radius 2 is 2.21 bits per heavy atom. The van der Waals surface area contributed by atoms with E-state index in [1.807, 2.05) is 19.9 Å². The van der Waals surface area contributed by atoms with Gasteiger partial charge in [-0.15, -0.1) is 0 Å². The zero-order chi connectivity index (χ0) is 14.4. The lowest BCUT2D eigenvalue weighted by molar-refractivity contribution is -0.141. The summed E-state index contributed by atoms with van der Waals surface area (Å²) in [7, 11) is 0. The molecule has 0 amide bonds. The smallest absolute Gasteiger partial charge is 0.325 e. The Morgan fingerprint density at radius 3 is 2.74 bits per heavy atom. The minimum Gasteiger partial charge on any atom is -0.465 e. The maximum atomic E-state index is 13.6. The molecule has 0 aromatic heterocycles. The molecule has 0 fully saturated rings. The average molecular weight is 264 g/mol. The van der Waals surface area contributed by atoms with Crippen LogP contribution in [0.15, 0.2) is 18.2 Å². The zero-order valence-electron chi connectivity index (χ0n) is 11.3. The Hall–Kier alpha value is -2.09. The maximum Gasteiger partial charge on any atom is 0.325 e. The largest absolute Gasteiger partial charge is 0.465 e. The van der Waals surface area contributed by atoms with Gasteiger partial charge in [-0.2, -0.15) is 5.26 Å². The van der Waals surface area contributed by atoms with E-state index in [1.165, 1.54) is 12.1 Å². The fourth-order valence-corrected chi connectivity index (χ4v) is 1.75. The van der Waals surface area contributed by atoms with Crippen molar-refractivity contribution < 1.29 is 13.9 Å². The SMILES string of the molecule is CCOC(=O)CN(c1cccc(F)c1C#N)C(C)C. The number of nitriles is 1. The first kappa shape index (κ1) is 15.0. The molecular formula is C14H17FN2O2. The summed E-state index contributed by atoms with van der Waals surface area (Å²) in [6, 6.07) is 6.15. The Bertz CT molecular complexity index is 495. The molecule has 1 aromatic rings. The van der Waals surface area contributed by atoms with E-state index in [0.29, 0.717) is 12.3 Å². The molecule has 0 aliphatic heterocycles. The number of hydrogen-bond donors (Lipinski definition) is 0. The first-order valence-corrected chi connectivity index (χ1v) is 6.12. The van der Waals surface area contributed by atoms with Gasteiger partial charge in [0.1, 0.15) is 24.0 Å². The predicted octanol–water partition coefficient (Wildman–Crippen LogP) is 2.48. The van der Waals surface area contributed by atoms with Crippen molar-refractivity contribution in [1.29, 1.82) is 5.26 Å². The zero-order valence-corrected chi connectivity index (χ0v) is 11.3. The molecule has 0 saturated heterocycles. The fraction of sp³-hybridized carbons (Fsp3) is 0.429. The number of carbonyl (C=O) groups is 1. The molecular weight excluding hydrogens is 247 g/mol. The van der Waals surface area contributed by atoms with Crippen LogP contribution in [0.3, 0.4) is 0 Å². The van der Waals surface area contributed by atoms with Crippen LogP contribution in [0.1, 0.15) is 26.3 Å². The molecule has 19 heavy (non-hydrogen) atoms. The molecule has 0 N–H and O–H groups in total. The van der Waals surface area contributed by atoms with Crippen LogP contribution in [-0.4, -0.2) is 25.2 Å². The second-order valence-electron chi connectivity index (χ2n) is 4.27. The summed E-state index contributed by atoms with van der Waals surface area (Å²) in [5.74, 6) is -0.987. The lowest BCUT2D eigenvalue weighted by Crippen LogP contribution is -2.37. The normalized spacial score (nSPS) is 10.1. The van der Waals surface area contributed by atoms with Gasteiger partial charge in [0.05, 0.1) is 12.3 Å². The van der Waals surface area contributed by atoms with Crippen LogP contribution in [0, 0.1) is 17.1 Å². The monoisotopic (exact) mass is 264 g/mol. The highest BCUT2D eigenvalue weighted by molar-refractivity contribution is 5.77. The summed E-state index contributed by atoms with van der Waals surface area (Å²) in [6.07, 6.45) is 0. The average Bonchev–Trinajstić information content (AvgIpc) is 2.35. The molecule has 0 aliphatic carbocycles. The van der Waals surface area contributed by atoms with Crippen LogP contribution in [0.5, 0.6) is 0 Å². The van der Waals surface area contributed by atoms with E-state index in [0.717, 1.165) is 0 Å². The molecule has 0 atom stereocenters. The number of ether oxygens (including phenoxy) is 1. The van der Waals surface area contributed by atoms with Gasteiger partial charge in [-0.25, -0.2) is 4.39 Å². The Labute approximate surface area is 112 Å². The third-order valence-electron chi connectivity index (χ3n) is 2.64. The first-order valence-electron chi connectivity index (χ1n) is 6.12. The Balaban J connectivity index is 3.10. The van der Waals surface area contributed by atoms with Crippen LogP contribution in [-0.2, 0) is 9.53 Å². The summed E-state index contributed by atoms with van der Waals surface area (Å²) in [5.41, 5.74) is 0.353. The van der Waals surface area contributed by atoms with Crippen molar-refractivity contribution in [2.45, 2.75) is 26.8 Å². The van der Waals surface area contributed by atoms with Crippen LogP contribution < -0.4 is 4.90 Å². The quantitative estimate of drug-likeness (QED) is 0.767. The van der Waals surface area contributed by atoms with Crippen molar-refractivity contribution >= 4 is 11.7 Å². The van der Waals surface area contributed by atoms with Gasteiger partial charge in [0, 0.05) is 6.04 Å². The second-order valence-corrected chi connectivity index (χ2v) is 4.27. The molecule has 0 unspecified atom stereocenters. The molecule has 5 heteroatoms. The molecule has 0 heterocycles. The molecule has 0 bridgehead atoms. The lowest BCUT2D eigenvalue weighted by Gasteiger charge is -2.28. The number of benzene rings is 1. The molecule has 0 radical (unpaired) electrons. The van der Waals surface area contributed by atoms with Gasteiger partial charge in [-0.3, -0.25) is 4.79 Å². The lowest BCUT2D eigenvalue weighted by atomic mass is 10.1. The molecule has 4 nitrogen and oxygen atoms in total. The molecule has 1 aromatic carbocycles. The minimum atomic E-state index is -0.588. The number of carbonyl (C=O) groups excluding carboxylic acids is 1. The van der Waals surface area contributed by atoms with E-state index in [9.17, 15) is 9.18 Å². The van der Waals surface area contributed by atoms with E-state index in [2.05, 4.69) is 0 Å². The van der Waals surface area contributed by atoms with Crippen molar-refractivity contribution in [3.63, 3.8) is 0 Å². The van der Waals surface area contributed by atoms with Crippen LogP contribution in [0.2, 0.25) is 0 Å². The number of nitrogens with zero attached hydrogens (tertiary/aromatic N) is 2. The van der Waals surface area contributed by atoms with Crippen LogP contribution in [0.25, 0.3) is 0 Å². The highest BCUT2D eigenvalue weighted by Crippen LogP contribution is 2.24. The fourth-order valence-electron chi connectivity index (χ4n) is 1.75. The standard InChI is InChI=1S/C14H17FN2O2/c1-4-19-14(18)9-17(10(2)3)13-7-5-6-12(15)11(13)8-16/h5-7,10H,4,9H2,1-3H3. The molecule has 102 valence electrons. The number of hydrogen-bond acceptors (Lipinski definition) is 4. The van der Waals surface area contributed by atoms with E-state index >= 15 is 0 Å². The van der Waals surface area contributed by atoms with Gasteiger partial charge in [-0.1, -0.05) is 6.07 Å². The van der Waals surface area contributed by atoms with Crippen molar-refractivity contribution in [3.8, 4) is 6.07 Å². The van der Waals surface area contributed by atoms with E-state index < -0.39 is 11.8 Å². The number of esters is 1. The van der Waals surface area contributed by atoms with Gasteiger partial charge < -0.3 is 9.64 Å². The number of anilines is 1. The van der Waals surface area contributed by atoms with Crippen molar-refractivity contribution in [1.82, 2.24) is 0 Å². The molecule has 0 spiro atoms. The van der Waals surface area contributed by atoms with Crippen LogP contribution >= 0.6 is 0 Å². The van der Waals surface area contributed by atoms with E-state index in [-0.39, 0.29) is 18.2 Å². The van der Waals surface area contributed by atoms with Gasteiger partial charge >= 0.3 is 5.97 Å². The van der Waals surface area contributed by atoms with Gasteiger partial charge in [0.25, 0.3) is 0 Å².